The number of nitrogens with one attached hydrogen (secondary N) is 1. The highest BCUT2D eigenvalue weighted by molar-refractivity contribution is 5.89. The Bertz CT molecular complexity index is 931. The molecule has 3 rings (SSSR count). The van der Waals surface area contributed by atoms with E-state index in [1.54, 1.807) is 19.1 Å². The van der Waals surface area contributed by atoms with Crippen LogP contribution in [-0.4, -0.2) is 65.4 Å². The van der Waals surface area contributed by atoms with E-state index in [1.165, 1.54) is 0 Å². The molecule has 8 atom stereocenters. The number of ketones is 2. The predicted molar refractivity (Wildman–Crippen MR) is 167 cm³/mol. The normalized spacial score (nSPS) is 31.0. The second-order valence-electron chi connectivity index (χ2n) is 13.1. The van der Waals surface area contributed by atoms with Gasteiger partial charge in [0.15, 0.2) is 11.6 Å². The second kappa shape index (κ2) is 18.2. The Balaban J connectivity index is 1.32. The molecular weight excluding hydrogens is 546 g/mol. The minimum absolute atomic E-state index is 0.0168. The molecule has 244 valence electrons. The summed E-state index contributed by atoms with van der Waals surface area (Å²) in [7, 11) is 0. The van der Waals surface area contributed by atoms with Crippen LogP contribution in [0.2, 0.25) is 0 Å². The first-order valence-corrected chi connectivity index (χ1v) is 16.9. The fraction of sp³-hybridized carbons (Fsp3) is 0.800. The minimum atomic E-state index is -0.890. The molecule has 0 aromatic heterocycles. The molecule has 2 N–H and O–H groups in total. The lowest BCUT2D eigenvalue weighted by Gasteiger charge is -2.46. The van der Waals surface area contributed by atoms with Crippen LogP contribution in [0.25, 0.3) is 0 Å². The van der Waals surface area contributed by atoms with E-state index in [0.717, 1.165) is 77.0 Å². The van der Waals surface area contributed by atoms with Crippen LogP contribution < -0.4 is 5.32 Å². The van der Waals surface area contributed by atoms with Gasteiger partial charge in [-0.2, -0.15) is 0 Å². The van der Waals surface area contributed by atoms with Crippen LogP contribution in [0.3, 0.4) is 0 Å². The van der Waals surface area contributed by atoms with Gasteiger partial charge in [-0.15, -0.1) is 6.58 Å². The number of hydrogen-bond donors (Lipinski definition) is 2. The maximum atomic E-state index is 12.7. The lowest BCUT2D eigenvalue weighted by atomic mass is 9.88. The molecule has 3 aliphatic heterocycles. The maximum absolute atomic E-state index is 12.7. The van der Waals surface area contributed by atoms with E-state index in [0.29, 0.717) is 13.0 Å². The molecule has 2 unspecified atom stereocenters. The Morgan fingerprint density at radius 1 is 1.02 bits per heavy atom. The molecule has 0 aromatic rings. The third-order valence-electron chi connectivity index (χ3n) is 9.49. The van der Waals surface area contributed by atoms with Crippen LogP contribution in [0, 0.1) is 11.8 Å². The number of Topliss-reactive ketones (excluding diaryl/α,β-unsaturated/α-hetero) is 1. The van der Waals surface area contributed by atoms with E-state index in [4.69, 9.17) is 14.2 Å². The first-order valence-electron chi connectivity index (χ1n) is 16.9. The van der Waals surface area contributed by atoms with Crippen LogP contribution in [0.5, 0.6) is 0 Å². The number of rotatable bonds is 17. The van der Waals surface area contributed by atoms with Gasteiger partial charge in [0.05, 0.1) is 36.4 Å². The highest BCUT2D eigenvalue weighted by atomic mass is 16.7. The Morgan fingerprint density at radius 2 is 1.72 bits per heavy atom. The van der Waals surface area contributed by atoms with E-state index in [-0.39, 0.29) is 67.1 Å². The number of ether oxygens (including phenoxy) is 3. The molecular formula is C35H57NO7. The van der Waals surface area contributed by atoms with Crippen LogP contribution in [-0.2, 0) is 28.6 Å². The van der Waals surface area contributed by atoms with Crippen molar-refractivity contribution in [3.63, 3.8) is 0 Å². The highest BCUT2D eigenvalue weighted by Gasteiger charge is 2.42. The van der Waals surface area contributed by atoms with E-state index in [1.807, 2.05) is 13.0 Å². The van der Waals surface area contributed by atoms with Gasteiger partial charge in [0.2, 0.25) is 5.91 Å². The van der Waals surface area contributed by atoms with Crippen molar-refractivity contribution in [3.05, 3.63) is 24.8 Å². The average molecular weight is 604 g/mol. The standard InChI is InChI=1S/C35H57NO7/c1-5-7-12-29-13-8-20-35(42-29)21-9-14-30(43-35)15-10-22-36-34(40)26(4)32(39)19-17-28(38)24-33-25(3)16-18-31(41-33)23-27(37)11-6-2/h5-6,11,25-26,29-33,39H,1,7-10,12-24H2,2-4H3,(H,36,40)/b11-6+/t25?,26-,29+,30-,31-,32-,33?,35-/m0/s1. The zero-order chi connectivity index (χ0) is 31.2. The lowest BCUT2D eigenvalue weighted by Crippen LogP contribution is -2.48. The lowest BCUT2D eigenvalue weighted by molar-refractivity contribution is -0.315. The fourth-order valence-electron chi connectivity index (χ4n) is 6.75. The second-order valence-corrected chi connectivity index (χ2v) is 13.1. The van der Waals surface area contributed by atoms with Crippen LogP contribution in [0.4, 0.5) is 0 Å². The SMILES string of the molecule is C=CCC[C@@H]1CCC[C@]2(CCC[C@@H](CCCNC(=O)[C@@H](C)[C@@H](O)CCC(=O)CC3O[C@H](CC(=O)/C=C/C)CCC3C)O2)O1. The molecule has 43 heavy (non-hydrogen) atoms. The first-order chi connectivity index (χ1) is 20.6. The summed E-state index contributed by atoms with van der Waals surface area (Å²) in [5, 5.41) is 13.6. The van der Waals surface area contributed by atoms with Crippen molar-refractivity contribution >= 4 is 17.5 Å². The van der Waals surface area contributed by atoms with E-state index in [2.05, 4.69) is 18.8 Å². The summed E-state index contributed by atoms with van der Waals surface area (Å²) in [4.78, 5) is 37.4. The summed E-state index contributed by atoms with van der Waals surface area (Å²) in [5.41, 5.74) is 0. The molecule has 8 heteroatoms. The monoisotopic (exact) mass is 603 g/mol. The van der Waals surface area contributed by atoms with Gasteiger partial charge in [-0.3, -0.25) is 14.4 Å². The van der Waals surface area contributed by atoms with Crippen LogP contribution in [0.15, 0.2) is 24.8 Å². The Hall–Kier alpha value is -1.87. The topological polar surface area (TPSA) is 111 Å². The van der Waals surface area contributed by atoms with Crippen LogP contribution in [0.1, 0.15) is 124 Å². The molecule has 3 aliphatic rings. The zero-order valence-corrected chi connectivity index (χ0v) is 26.9. The third-order valence-corrected chi connectivity index (χ3v) is 9.49. The van der Waals surface area contributed by atoms with Crippen molar-refractivity contribution in [3.8, 4) is 0 Å². The van der Waals surface area contributed by atoms with Crippen molar-refractivity contribution in [2.24, 2.45) is 11.8 Å². The molecule has 0 radical (unpaired) electrons. The van der Waals surface area contributed by atoms with E-state index in [9.17, 15) is 19.5 Å². The first kappa shape index (κ1) is 35.6. The highest BCUT2D eigenvalue weighted by Crippen LogP contribution is 2.41. The quantitative estimate of drug-likeness (QED) is 0.117. The maximum Gasteiger partial charge on any atom is 0.225 e. The van der Waals surface area contributed by atoms with Gasteiger partial charge in [-0.25, -0.2) is 0 Å². The number of hydrogen-bond acceptors (Lipinski definition) is 7. The van der Waals surface area contributed by atoms with Crippen molar-refractivity contribution in [1.29, 1.82) is 0 Å². The van der Waals surface area contributed by atoms with E-state index < -0.39 is 17.8 Å². The molecule has 0 bridgehead atoms. The number of amides is 1. The van der Waals surface area contributed by atoms with Crippen molar-refractivity contribution in [1.82, 2.24) is 5.32 Å². The summed E-state index contributed by atoms with van der Waals surface area (Å²) >= 11 is 0. The smallest absolute Gasteiger partial charge is 0.225 e. The molecule has 3 saturated heterocycles. The van der Waals surface area contributed by atoms with Gasteiger partial charge in [-0.05, 0) is 89.5 Å². The van der Waals surface area contributed by atoms with Crippen molar-refractivity contribution < 1.29 is 33.7 Å². The van der Waals surface area contributed by atoms with Crippen LogP contribution >= 0.6 is 0 Å². The largest absolute Gasteiger partial charge is 0.392 e. The number of carbonyl (C=O) groups excluding carboxylic acids is 3. The number of aliphatic hydroxyl groups excluding tert-OH is 1. The minimum Gasteiger partial charge on any atom is -0.392 e. The number of aliphatic hydroxyl groups is 1. The van der Waals surface area contributed by atoms with E-state index >= 15 is 0 Å². The molecule has 8 nitrogen and oxygen atoms in total. The van der Waals surface area contributed by atoms with Gasteiger partial charge in [0.25, 0.3) is 0 Å². The predicted octanol–water partition coefficient (Wildman–Crippen LogP) is 6.14. The molecule has 1 amide bonds. The summed E-state index contributed by atoms with van der Waals surface area (Å²) in [6, 6.07) is 0. The Morgan fingerprint density at radius 3 is 2.40 bits per heavy atom. The molecule has 0 aliphatic carbocycles. The Kier molecular flexibility index (Phi) is 15.1. The zero-order valence-electron chi connectivity index (χ0n) is 26.9. The summed E-state index contributed by atoms with van der Waals surface area (Å²) in [6.45, 7) is 9.96. The third kappa shape index (κ3) is 11.9. The average Bonchev–Trinajstić information content (AvgIpc) is 2.98. The van der Waals surface area contributed by atoms with Gasteiger partial charge < -0.3 is 24.6 Å². The summed E-state index contributed by atoms with van der Waals surface area (Å²) in [5.74, 6) is -0.939. The van der Waals surface area contributed by atoms with Gasteiger partial charge in [0.1, 0.15) is 5.78 Å². The van der Waals surface area contributed by atoms with Gasteiger partial charge in [-0.1, -0.05) is 26.0 Å². The van der Waals surface area contributed by atoms with Gasteiger partial charge >= 0.3 is 0 Å². The molecule has 3 fully saturated rings. The number of allylic oxidation sites excluding steroid dienone is 3. The molecule has 0 aromatic carbocycles. The summed E-state index contributed by atoms with van der Waals surface area (Å²) < 4.78 is 19.1. The molecule has 3 heterocycles. The summed E-state index contributed by atoms with van der Waals surface area (Å²) in [6.07, 6.45) is 17.0. The van der Waals surface area contributed by atoms with Crippen molar-refractivity contribution in [2.45, 2.75) is 160 Å². The molecule has 1 spiro atoms. The molecule has 0 saturated carbocycles. The van der Waals surface area contributed by atoms with Gasteiger partial charge in [0, 0.05) is 38.6 Å². The number of carbonyl (C=O) groups is 3. The Labute approximate surface area is 259 Å². The fourth-order valence-corrected chi connectivity index (χ4v) is 6.75. The van der Waals surface area contributed by atoms with Crippen molar-refractivity contribution in [2.75, 3.05) is 6.54 Å².